The van der Waals surface area contributed by atoms with E-state index in [1.54, 1.807) is 0 Å². The number of amides is 1. The molecule has 0 bridgehead atoms. The van der Waals surface area contributed by atoms with E-state index in [-0.39, 0.29) is 36.0 Å². The molecule has 0 unspecified atom stereocenters. The van der Waals surface area contributed by atoms with Gasteiger partial charge in [0.25, 0.3) is 0 Å². The van der Waals surface area contributed by atoms with Gasteiger partial charge < -0.3 is 9.73 Å². The van der Waals surface area contributed by atoms with Gasteiger partial charge in [0.2, 0.25) is 5.91 Å². The number of rotatable bonds is 6. The predicted molar refractivity (Wildman–Crippen MR) is 124 cm³/mol. The number of hydrogen-bond acceptors (Lipinski definition) is 4. The molecule has 6 nitrogen and oxygen atoms in total. The number of aryl methyl sites for hydroxylation is 2. The maximum Gasteiger partial charge on any atom is 0.226 e. The van der Waals surface area contributed by atoms with Gasteiger partial charge in [-0.3, -0.25) is 9.20 Å². The highest BCUT2D eigenvalue weighted by atomic mass is 19.1. The molecular formula is C26H20F2N4O2. The minimum atomic E-state index is -0.739. The number of carbonyl (C=O) groups excluding carboxylic acids is 1. The summed E-state index contributed by atoms with van der Waals surface area (Å²) in [6, 6.07) is 17.0. The SMILES string of the molecule is Cc1cccn2c(NC(=O)CCc3ncc(-c4c(F)cccc4F)o3)c(-c3ccccc3)nc12. The molecular weight excluding hydrogens is 438 g/mol. The predicted octanol–water partition coefficient (Wildman–Crippen LogP) is 5.81. The zero-order valence-corrected chi connectivity index (χ0v) is 18.3. The van der Waals surface area contributed by atoms with E-state index >= 15 is 0 Å². The Kier molecular flexibility index (Phi) is 5.63. The molecule has 3 aromatic heterocycles. The smallest absolute Gasteiger partial charge is 0.226 e. The van der Waals surface area contributed by atoms with E-state index < -0.39 is 11.6 Å². The van der Waals surface area contributed by atoms with Crippen molar-refractivity contribution in [3.05, 3.63) is 96.1 Å². The van der Waals surface area contributed by atoms with Gasteiger partial charge in [0, 0.05) is 24.6 Å². The number of aromatic nitrogens is 3. The van der Waals surface area contributed by atoms with Crippen molar-refractivity contribution in [2.75, 3.05) is 5.32 Å². The second-order valence-electron chi connectivity index (χ2n) is 7.82. The summed E-state index contributed by atoms with van der Waals surface area (Å²) in [6.07, 6.45) is 3.33. The summed E-state index contributed by atoms with van der Waals surface area (Å²) in [5, 5.41) is 2.96. The molecule has 0 fully saturated rings. The lowest BCUT2D eigenvalue weighted by Crippen LogP contribution is -2.14. The second kappa shape index (κ2) is 8.90. The minimum absolute atomic E-state index is 0.0189. The van der Waals surface area contributed by atoms with Crippen LogP contribution in [0.4, 0.5) is 14.6 Å². The van der Waals surface area contributed by atoms with Crippen LogP contribution in [0.2, 0.25) is 0 Å². The van der Waals surface area contributed by atoms with Crippen LogP contribution in [0.5, 0.6) is 0 Å². The Morgan fingerprint density at radius 1 is 1.03 bits per heavy atom. The molecule has 0 spiro atoms. The topological polar surface area (TPSA) is 72.4 Å². The van der Waals surface area contributed by atoms with Crippen LogP contribution in [0.1, 0.15) is 17.9 Å². The van der Waals surface area contributed by atoms with Crippen LogP contribution in [0.25, 0.3) is 28.2 Å². The number of nitrogens with zero attached hydrogens (tertiary/aromatic N) is 3. The number of hydrogen-bond donors (Lipinski definition) is 1. The molecule has 5 aromatic rings. The molecule has 1 N–H and O–H groups in total. The van der Waals surface area contributed by atoms with Crippen LogP contribution >= 0.6 is 0 Å². The molecule has 3 heterocycles. The first-order valence-corrected chi connectivity index (χ1v) is 10.7. The number of halogens is 2. The fourth-order valence-corrected chi connectivity index (χ4v) is 3.81. The third-order valence-corrected chi connectivity index (χ3v) is 5.48. The quantitative estimate of drug-likeness (QED) is 0.348. The Morgan fingerprint density at radius 3 is 2.56 bits per heavy atom. The van der Waals surface area contributed by atoms with Gasteiger partial charge >= 0.3 is 0 Å². The third kappa shape index (κ3) is 4.05. The first-order valence-electron chi connectivity index (χ1n) is 10.7. The molecule has 0 saturated carbocycles. The van der Waals surface area contributed by atoms with Crippen molar-refractivity contribution >= 4 is 17.4 Å². The molecule has 0 radical (unpaired) electrons. The molecule has 1 amide bonds. The number of imidazole rings is 1. The lowest BCUT2D eigenvalue weighted by Gasteiger charge is -2.08. The standard InChI is InChI=1S/C26H20F2N4O2/c1-16-7-6-14-32-25(16)31-24(17-8-3-2-4-9-17)26(32)30-21(33)12-13-22-29-15-20(34-22)23-18(27)10-5-11-19(23)28/h2-11,14-15H,12-13H2,1H3,(H,30,33). The average Bonchev–Trinajstić information content (AvgIpc) is 3.44. The number of carbonyl (C=O) groups is 1. The molecule has 0 aliphatic rings. The highest BCUT2D eigenvalue weighted by Crippen LogP contribution is 2.30. The summed E-state index contributed by atoms with van der Waals surface area (Å²) in [6.45, 7) is 1.96. The van der Waals surface area contributed by atoms with Gasteiger partial charge in [-0.2, -0.15) is 0 Å². The fraction of sp³-hybridized carbons (Fsp3) is 0.115. The van der Waals surface area contributed by atoms with Crippen molar-refractivity contribution < 1.29 is 18.0 Å². The summed E-state index contributed by atoms with van der Waals surface area (Å²) in [5.74, 6) is -0.984. The highest BCUT2D eigenvalue weighted by Gasteiger charge is 2.19. The zero-order chi connectivity index (χ0) is 23.7. The molecule has 2 aromatic carbocycles. The first-order chi connectivity index (χ1) is 16.5. The summed E-state index contributed by atoms with van der Waals surface area (Å²) < 4.78 is 35.4. The van der Waals surface area contributed by atoms with E-state index in [0.29, 0.717) is 11.5 Å². The normalized spacial score (nSPS) is 11.1. The summed E-state index contributed by atoms with van der Waals surface area (Å²) >= 11 is 0. The lowest BCUT2D eigenvalue weighted by molar-refractivity contribution is -0.116. The van der Waals surface area contributed by atoms with Gasteiger partial charge in [-0.1, -0.05) is 42.5 Å². The number of oxazole rings is 1. The molecule has 0 aliphatic heterocycles. The van der Waals surface area contributed by atoms with Crippen molar-refractivity contribution in [2.24, 2.45) is 0 Å². The molecule has 170 valence electrons. The van der Waals surface area contributed by atoms with Gasteiger partial charge in [0.1, 0.15) is 28.8 Å². The van der Waals surface area contributed by atoms with E-state index in [4.69, 9.17) is 9.40 Å². The van der Waals surface area contributed by atoms with E-state index in [9.17, 15) is 13.6 Å². The van der Waals surface area contributed by atoms with Crippen LogP contribution in [0.3, 0.4) is 0 Å². The van der Waals surface area contributed by atoms with Gasteiger partial charge in [-0.05, 0) is 30.7 Å². The van der Waals surface area contributed by atoms with E-state index in [2.05, 4.69) is 10.3 Å². The number of fused-ring (bicyclic) bond motifs is 1. The second-order valence-corrected chi connectivity index (χ2v) is 7.82. The van der Waals surface area contributed by atoms with Crippen molar-refractivity contribution in [1.29, 1.82) is 0 Å². The van der Waals surface area contributed by atoms with E-state index in [1.807, 2.05) is 60.0 Å². The maximum absolute atomic E-state index is 14.0. The highest BCUT2D eigenvalue weighted by molar-refractivity contribution is 5.94. The molecule has 34 heavy (non-hydrogen) atoms. The van der Waals surface area contributed by atoms with Crippen LogP contribution in [0.15, 0.2) is 77.5 Å². The monoisotopic (exact) mass is 458 g/mol. The van der Waals surface area contributed by atoms with E-state index in [0.717, 1.165) is 28.9 Å². The Labute approximate surface area is 193 Å². The van der Waals surface area contributed by atoms with Crippen LogP contribution in [0, 0.1) is 18.6 Å². The molecule has 0 aliphatic carbocycles. The Balaban J connectivity index is 1.36. The summed E-state index contributed by atoms with van der Waals surface area (Å²) in [5.41, 5.74) is 3.00. The Hall–Kier alpha value is -4.33. The lowest BCUT2D eigenvalue weighted by atomic mass is 10.1. The number of anilines is 1. The van der Waals surface area contributed by atoms with Crippen LogP contribution in [-0.2, 0) is 11.2 Å². The van der Waals surface area contributed by atoms with Crippen molar-refractivity contribution in [1.82, 2.24) is 14.4 Å². The summed E-state index contributed by atoms with van der Waals surface area (Å²) in [4.78, 5) is 21.7. The Bertz CT molecular complexity index is 1470. The van der Waals surface area contributed by atoms with Crippen LogP contribution < -0.4 is 5.32 Å². The van der Waals surface area contributed by atoms with Crippen molar-refractivity contribution in [3.63, 3.8) is 0 Å². The summed E-state index contributed by atoms with van der Waals surface area (Å²) in [7, 11) is 0. The van der Waals surface area contributed by atoms with Crippen molar-refractivity contribution in [3.8, 4) is 22.6 Å². The van der Waals surface area contributed by atoms with E-state index in [1.165, 1.54) is 12.3 Å². The number of nitrogens with one attached hydrogen (secondary N) is 1. The third-order valence-electron chi connectivity index (χ3n) is 5.48. The fourth-order valence-electron chi connectivity index (χ4n) is 3.81. The largest absolute Gasteiger partial charge is 0.441 e. The number of benzene rings is 2. The molecule has 0 saturated heterocycles. The number of pyridine rings is 1. The maximum atomic E-state index is 14.0. The average molecular weight is 458 g/mol. The van der Waals surface area contributed by atoms with Gasteiger partial charge in [0.05, 0.1) is 11.8 Å². The zero-order valence-electron chi connectivity index (χ0n) is 18.3. The Morgan fingerprint density at radius 2 is 1.79 bits per heavy atom. The first kappa shape index (κ1) is 21.5. The van der Waals surface area contributed by atoms with Crippen molar-refractivity contribution in [2.45, 2.75) is 19.8 Å². The minimum Gasteiger partial charge on any atom is -0.441 e. The van der Waals surface area contributed by atoms with Gasteiger partial charge in [-0.25, -0.2) is 18.7 Å². The molecule has 8 heteroatoms. The molecule has 0 atom stereocenters. The van der Waals surface area contributed by atoms with Gasteiger partial charge in [-0.15, -0.1) is 0 Å². The molecule has 5 rings (SSSR count). The van der Waals surface area contributed by atoms with Crippen LogP contribution in [-0.4, -0.2) is 20.3 Å². The van der Waals surface area contributed by atoms with Gasteiger partial charge in [0.15, 0.2) is 11.7 Å².